The Morgan fingerprint density at radius 1 is 1.07 bits per heavy atom. The minimum Gasteiger partial charge on any atom is -0.286 e. The van der Waals surface area contributed by atoms with Gasteiger partial charge < -0.3 is 0 Å². The van der Waals surface area contributed by atoms with E-state index in [0.29, 0.717) is 27.7 Å². The summed E-state index contributed by atoms with van der Waals surface area (Å²) >= 11 is 1.48. The van der Waals surface area contributed by atoms with Crippen LogP contribution in [0.5, 0.6) is 0 Å². The topological polar surface area (TPSA) is 30.0 Å². The normalized spacial score (nSPS) is 11.9. The molecule has 0 radical (unpaired) electrons. The molecule has 0 aliphatic heterocycles. The predicted octanol–water partition coefficient (Wildman–Crippen LogP) is 6.80. The summed E-state index contributed by atoms with van der Waals surface area (Å²) in [5.74, 6) is 0.309. The smallest absolute Gasteiger partial charge is 0.286 e. The highest BCUT2D eigenvalue weighted by Gasteiger charge is 2.33. The van der Waals surface area contributed by atoms with Crippen LogP contribution in [-0.4, -0.2) is 10.8 Å². The molecule has 0 aliphatic rings. The van der Waals surface area contributed by atoms with Gasteiger partial charge in [-0.15, -0.1) is 11.3 Å². The lowest BCUT2D eigenvalue weighted by Gasteiger charge is -2.13. The highest BCUT2D eigenvalue weighted by molar-refractivity contribution is 7.14. The second kappa shape index (κ2) is 8.72. The summed E-state index contributed by atoms with van der Waals surface area (Å²) in [4.78, 5) is 19.4. The monoisotopic (exact) mass is 431 g/mol. The van der Waals surface area contributed by atoms with E-state index in [-0.39, 0.29) is 17.8 Å². The Morgan fingerprint density at radius 2 is 1.77 bits per heavy atom. The summed E-state index contributed by atoms with van der Waals surface area (Å²) in [5.41, 5.74) is 2.01. The zero-order chi connectivity index (χ0) is 22.1. The lowest BCUT2D eigenvalue weighted by Crippen LogP contribution is -2.11. The van der Waals surface area contributed by atoms with E-state index in [0.717, 1.165) is 18.1 Å². The van der Waals surface area contributed by atoms with Crippen LogP contribution in [0.3, 0.4) is 0 Å². The first-order valence-corrected chi connectivity index (χ1v) is 10.6. The van der Waals surface area contributed by atoms with Crippen molar-refractivity contribution in [3.8, 4) is 0 Å². The molecule has 158 valence electrons. The van der Waals surface area contributed by atoms with Gasteiger partial charge >= 0.3 is 6.18 Å². The van der Waals surface area contributed by atoms with Gasteiger partial charge in [0.2, 0.25) is 5.78 Å². The predicted molar refractivity (Wildman–Crippen MR) is 114 cm³/mol. The highest BCUT2D eigenvalue weighted by Crippen LogP contribution is 2.33. The van der Waals surface area contributed by atoms with E-state index < -0.39 is 11.7 Å². The van der Waals surface area contributed by atoms with E-state index in [4.69, 9.17) is 0 Å². The first-order chi connectivity index (χ1) is 14.1. The molecule has 3 aromatic rings. The van der Waals surface area contributed by atoms with E-state index in [1.165, 1.54) is 28.3 Å². The fourth-order valence-corrected chi connectivity index (χ4v) is 4.69. The van der Waals surface area contributed by atoms with Gasteiger partial charge in [0.1, 0.15) is 5.69 Å². The van der Waals surface area contributed by atoms with Crippen LogP contribution in [0.15, 0.2) is 42.5 Å². The summed E-state index contributed by atoms with van der Waals surface area (Å²) < 4.78 is 39.9. The molecule has 0 amide bonds. The number of aromatic nitrogens is 1. The first-order valence-electron chi connectivity index (χ1n) is 9.82. The molecule has 0 spiro atoms. The van der Waals surface area contributed by atoms with Crippen molar-refractivity contribution in [1.82, 2.24) is 4.98 Å². The molecule has 1 aromatic carbocycles. The third kappa shape index (κ3) is 4.98. The molecular weight excluding hydrogens is 407 g/mol. The number of nitrogens with zero attached hydrogens (tertiary/aromatic N) is 1. The number of thiophene rings is 1. The zero-order valence-corrected chi connectivity index (χ0v) is 18.2. The van der Waals surface area contributed by atoms with Crippen molar-refractivity contribution in [3.63, 3.8) is 0 Å². The summed E-state index contributed by atoms with van der Waals surface area (Å²) in [6.07, 6.45) is -3.51. The molecule has 30 heavy (non-hydrogen) atoms. The van der Waals surface area contributed by atoms with Gasteiger partial charge in [-0.25, -0.2) is 4.98 Å². The van der Waals surface area contributed by atoms with Crippen molar-refractivity contribution in [1.29, 1.82) is 0 Å². The molecule has 0 saturated carbocycles. The Bertz CT molecular complexity index is 1070. The number of hydrogen-bond donors (Lipinski definition) is 0. The Labute approximate surface area is 178 Å². The fraction of sp³-hybridized carbons (Fsp3) is 0.333. The maximum atomic E-state index is 13.3. The van der Waals surface area contributed by atoms with Crippen molar-refractivity contribution in [2.45, 2.75) is 46.7 Å². The molecule has 3 rings (SSSR count). The number of benzene rings is 1. The largest absolute Gasteiger partial charge is 0.416 e. The number of aryl methyl sites for hydroxylation is 2. The lowest BCUT2D eigenvalue weighted by molar-refractivity contribution is -0.138. The van der Waals surface area contributed by atoms with E-state index in [9.17, 15) is 18.0 Å². The zero-order valence-electron chi connectivity index (χ0n) is 17.4. The quantitative estimate of drug-likeness (QED) is 0.402. The van der Waals surface area contributed by atoms with Crippen LogP contribution in [0.2, 0.25) is 0 Å². The van der Waals surface area contributed by atoms with Crippen LogP contribution in [0.4, 0.5) is 13.2 Å². The van der Waals surface area contributed by atoms with E-state index >= 15 is 0 Å². The summed E-state index contributed by atoms with van der Waals surface area (Å²) in [6, 6.07) is 10.8. The molecule has 0 saturated heterocycles. The molecule has 0 atom stereocenters. The van der Waals surface area contributed by atoms with E-state index in [1.807, 2.05) is 13.0 Å². The highest BCUT2D eigenvalue weighted by atomic mass is 32.1. The molecule has 2 nitrogen and oxygen atoms in total. The third-order valence-corrected chi connectivity index (χ3v) is 6.16. The average Bonchev–Trinajstić information content (AvgIpc) is 3.02. The van der Waals surface area contributed by atoms with Crippen LogP contribution in [0.25, 0.3) is 0 Å². The first kappa shape index (κ1) is 22.2. The number of carbonyl (C=O) groups is 1. The second-order valence-corrected chi connectivity index (χ2v) is 9.08. The molecule has 2 aromatic heterocycles. The van der Waals surface area contributed by atoms with Gasteiger partial charge in [0.15, 0.2) is 0 Å². The molecule has 2 heterocycles. The third-order valence-electron chi connectivity index (χ3n) is 4.90. The minimum atomic E-state index is -4.43. The number of pyridine rings is 1. The Morgan fingerprint density at radius 3 is 2.43 bits per heavy atom. The van der Waals surface area contributed by atoms with Crippen molar-refractivity contribution in [2.24, 2.45) is 5.92 Å². The van der Waals surface area contributed by atoms with E-state index in [2.05, 4.69) is 18.8 Å². The van der Waals surface area contributed by atoms with Gasteiger partial charge in [-0.2, -0.15) is 13.2 Å². The number of ketones is 1. The SMILES string of the molecule is Cc1ccc(Cc2ccccc2C(F)(F)F)nc1C(=O)c1cc(C)c(CC(C)C)s1. The van der Waals surface area contributed by atoms with Crippen molar-refractivity contribution in [2.75, 3.05) is 0 Å². The second-order valence-electron chi connectivity index (χ2n) is 7.94. The summed E-state index contributed by atoms with van der Waals surface area (Å²) in [5, 5.41) is 0. The van der Waals surface area contributed by atoms with Gasteiger partial charge in [0.25, 0.3) is 0 Å². The van der Waals surface area contributed by atoms with Gasteiger partial charge in [0.05, 0.1) is 10.4 Å². The van der Waals surface area contributed by atoms with Crippen molar-refractivity contribution >= 4 is 17.1 Å². The minimum absolute atomic E-state index is 0.0122. The van der Waals surface area contributed by atoms with Crippen LogP contribution in [-0.2, 0) is 19.0 Å². The van der Waals surface area contributed by atoms with Crippen molar-refractivity contribution in [3.05, 3.63) is 85.9 Å². The van der Waals surface area contributed by atoms with Crippen LogP contribution in [0.1, 0.15) is 62.0 Å². The Kier molecular flexibility index (Phi) is 6.46. The van der Waals surface area contributed by atoms with Gasteiger partial charge in [-0.05, 0) is 61.1 Å². The number of alkyl halides is 3. The van der Waals surface area contributed by atoms with Gasteiger partial charge in [0, 0.05) is 17.0 Å². The van der Waals surface area contributed by atoms with Gasteiger partial charge in [-0.1, -0.05) is 38.1 Å². The Hall–Kier alpha value is -2.47. The van der Waals surface area contributed by atoms with Crippen LogP contribution >= 0.6 is 11.3 Å². The fourth-order valence-electron chi connectivity index (χ4n) is 3.37. The van der Waals surface area contributed by atoms with E-state index in [1.54, 1.807) is 25.1 Å². The molecule has 0 bridgehead atoms. The molecule has 6 heteroatoms. The summed E-state index contributed by atoms with van der Waals surface area (Å²) in [7, 11) is 0. The number of rotatable bonds is 6. The molecule has 0 N–H and O–H groups in total. The maximum Gasteiger partial charge on any atom is 0.416 e. The molecule has 0 unspecified atom stereocenters. The van der Waals surface area contributed by atoms with Crippen LogP contribution < -0.4 is 0 Å². The number of carbonyl (C=O) groups excluding carboxylic acids is 1. The maximum absolute atomic E-state index is 13.3. The lowest BCUT2D eigenvalue weighted by atomic mass is 10.0. The number of hydrogen-bond acceptors (Lipinski definition) is 3. The molecule has 0 fully saturated rings. The molecular formula is C24H24F3NOS. The molecule has 0 aliphatic carbocycles. The van der Waals surface area contributed by atoms with Crippen molar-refractivity contribution < 1.29 is 18.0 Å². The van der Waals surface area contributed by atoms with Crippen LogP contribution in [0, 0.1) is 19.8 Å². The van der Waals surface area contributed by atoms with Gasteiger partial charge in [-0.3, -0.25) is 4.79 Å². The Balaban J connectivity index is 1.93. The standard InChI is InChI=1S/C24H24F3NOS/c1-14(2)11-20-16(4)12-21(30-20)23(29)22-15(3)9-10-18(28-22)13-17-7-5-6-8-19(17)24(25,26)27/h5-10,12,14H,11,13H2,1-4H3. The average molecular weight is 432 g/mol. The summed E-state index contributed by atoms with van der Waals surface area (Å²) in [6.45, 7) is 8.06. The number of halogens is 3.